The number of hydrogen-bond donors (Lipinski definition) is 2. The van der Waals surface area contributed by atoms with Gasteiger partial charge in [-0.15, -0.1) is 0 Å². The van der Waals surface area contributed by atoms with Crippen LogP contribution in [0, 0.1) is 11.6 Å². The predicted molar refractivity (Wildman–Crippen MR) is 53.4 cm³/mol. The van der Waals surface area contributed by atoms with E-state index in [2.05, 4.69) is 15.4 Å². The van der Waals surface area contributed by atoms with E-state index in [0.29, 0.717) is 17.7 Å². The first-order valence-corrected chi connectivity index (χ1v) is 4.72. The van der Waals surface area contributed by atoms with Gasteiger partial charge in [-0.1, -0.05) is 6.07 Å². The number of aromatic nitrogens is 3. The van der Waals surface area contributed by atoms with Crippen molar-refractivity contribution in [2.75, 3.05) is 0 Å². The largest absolute Gasteiger partial charge is 0.322 e. The molecule has 84 valence electrons. The van der Waals surface area contributed by atoms with E-state index >= 15 is 0 Å². The summed E-state index contributed by atoms with van der Waals surface area (Å²) in [5.74, 6) is -1.73. The van der Waals surface area contributed by atoms with Gasteiger partial charge in [-0.3, -0.25) is 0 Å². The Morgan fingerprint density at radius 2 is 2.12 bits per heavy atom. The molecule has 0 bridgehead atoms. The molecule has 0 saturated carbocycles. The molecule has 1 aromatic heterocycles. The van der Waals surface area contributed by atoms with Crippen molar-refractivity contribution in [2.24, 2.45) is 5.73 Å². The molecule has 4 nitrogen and oxygen atoms in total. The van der Waals surface area contributed by atoms with Gasteiger partial charge in [0.2, 0.25) is 0 Å². The molecule has 0 saturated heterocycles. The minimum atomic E-state index is -0.871. The lowest BCUT2D eigenvalue weighted by atomic mass is 10.0. The van der Waals surface area contributed by atoms with Crippen molar-refractivity contribution in [3.8, 4) is 0 Å². The topological polar surface area (TPSA) is 67.6 Å². The van der Waals surface area contributed by atoms with Gasteiger partial charge in [-0.05, 0) is 24.1 Å². The Morgan fingerprint density at radius 1 is 1.31 bits per heavy atom. The molecule has 2 aromatic rings. The van der Waals surface area contributed by atoms with E-state index in [9.17, 15) is 8.78 Å². The summed E-state index contributed by atoms with van der Waals surface area (Å²) in [5.41, 5.74) is 7.03. The van der Waals surface area contributed by atoms with E-state index in [0.717, 1.165) is 12.1 Å². The SMILES string of the molecule is NC(Cc1ccc(F)c(F)c1)c1cn[nH]n1. The standard InChI is InChI=1S/C10H10F2N4/c11-7-2-1-6(3-8(7)12)4-9(13)10-5-14-16-15-10/h1-3,5,9H,4,13H2,(H,14,15,16). The van der Waals surface area contributed by atoms with Crippen LogP contribution in [0.15, 0.2) is 24.4 Å². The maximum atomic E-state index is 12.9. The van der Waals surface area contributed by atoms with Crippen LogP contribution in [0.1, 0.15) is 17.3 Å². The molecule has 0 aliphatic rings. The molecule has 1 atom stereocenters. The number of H-pyrrole nitrogens is 1. The maximum Gasteiger partial charge on any atom is 0.159 e. The van der Waals surface area contributed by atoms with Crippen LogP contribution < -0.4 is 5.73 Å². The van der Waals surface area contributed by atoms with Crippen LogP contribution in [0.3, 0.4) is 0 Å². The number of hydrogen-bond acceptors (Lipinski definition) is 3. The molecule has 0 aliphatic carbocycles. The molecular formula is C10H10F2N4. The van der Waals surface area contributed by atoms with Crippen molar-refractivity contribution < 1.29 is 8.78 Å². The highest BCUT2D eigenvalue weighted by Gasteiger charge is 2.11. The van der Waals surface area contributed by atoms with E-state index < -0.39 is 11.6 Å². The van der Waals surface area contributed by atoms with Gasteiger partial charge in [0.15, 0.2) is 11.6 Å². The normalized spacial score (nSPS) is 12.7. The Bertz CT molecular complexity index is 470. The van der Waals surface area contributed by atoms with Crippen molar-refractivity contribution in [1.29, 1.82) is 0 Å². The highest BCUT2D eigenvalue weighted by molar-refractivity contribution is 5.20. The quantitative estimate of drug-likeness (QED) is 0.826. The lowest BCUT2D eigenvalue weighted by Crippen LogP contribution is -2.14. The lowest BCUT2D eigenvalue weighted by Gasteiger charge is -2.08. The number of aromatic amines is 1. The fraction of sp³-hybridized carbons (Fsp3) is 0.200. The first-order valence-electron chi connectivity index (χ1n) is 4.72. The van der Waals surface area contributed by atoms with E-state index in [1.807, 2.05) is 0 Å². The number of halogens is 2. The number of benzene rings is 1. The number of nitrogens with one attached hydrogen (secondary N) is 1. The Balaban J connectivity index is 2.12. The molecule has 3 N–H and O–H groups in total. The van der Waals surface area contributed by atoms with E-state index in [-0.39, 0.29) is 6.04 Å². The van der Waals surface area contributed by atoms with Crippen LogP contribution in [0.2, 0.25) is 0 Å². The smallest absolute Gasteiger partial charge is 0.159 e. The Morgan fingerprint density at radius 3 is 2.75 bits per heavy atom. The lowest BCUT2D eigenvalue weighted by molar-refractivity contribution is 0.506. The summed E-state index contributed by atoms with van der Waals surface area (Å²) in [6.07, 6.45) is 1.88. The molecule has 16 heavy (non-hydrogen) atoms. The summed E-state index contributed by atoms with van der Waals surface area (Å²) in [5, 5.41) is 9.89. The average Bonchev–Trinajstić information content (AvgIpc) is 2.77. The van der Waals surface area contributed by atoms with E-state index in [1.165, 1.54) is 12.3 Å². The molecule has 0 aliphatic heterocycles. The Hall–Kier alpha value is -1.82. The third kappa shape index (κ3) is 2.22. The predicted octanol–water partition coefficient (Wildman–Crippen LogP) is 1.33. The zero-order valence-corrected chi connectivity index (χ0v) is 8.32. The fourth-order valence-corrected chi connectivity index (χ4v) is 1.41. The number of nitrogens with zero attached hydrogens (tertiary/aromatic N) is 2. The average molecular weight is 224 g/mol. The van der Waals surface area contributed by atoms with Crippen LogP contribution >= 0.6 is 0 Å². The van der Waals surface area contributed by atoms with Crippen molar-refractivity contribution in [3.63, 3.8) is 0 Å². The number of nitrogens with two attached hydrogens (primary N) is 1. The van der Waals surface area contributed by atoms with E-state index in [4.69, 9.17) is 5.73 Å². The summed E-state index contributed by atoms with van der Waals surface area (Å²) in [6, 6.07) is 3.33. The van der Waals surface area contributed by atoms with Gasteiger partial charge in [-0.2, -0.15) is 15.4 Å². The van der Waals surface area contributed by atoms with Crippen LogP contribution in [0.25, 0.3) is 0 Å². The maximum absolute atomic E-state index is 12.9. The molecular weight excluding hydrogens is 214 g/mol. The minimum absolute atomic E-state index is 0.379. The van der Waals surface area contributed by atoms with Crippen LogP contribution in [-0.4, -0.2) is 15.4 Å². The summed E-state index contributed by atoms with van der Waals surface area (Å²) < 4.78 is 25.6. The summed E-state index contributed by atoms with van der Waals surface area (Å²) >= 11 is 0. The second kappa shape index (κ2) is 4.36. The molecule has 0 amide bonds. The molecule has 1 unspecified atom stereocenters. The zero-order valence-electron chi connectivity index (χ0n) is 8.32. The molecule has 6 heteroatoms. The van der Waals surface area contributed by atoms with Crippen LogP contribution in [0.4, 0.5) is 8.78 Å². The third-order valence-corrected chi connectivity index (χ3v) is 2.25. The molecule has 2 rings (SSSR count). The van der Waals surface area contributed by atoms with Crippen molar-refractivity contribution >= 4 is 0 Å². The Labute approximate surface area is 90.5 Å². The monoisotopic (exact) mass is 224 g/mol. The van der Waals surface area contributed by atoms with Gasteiger partial charge in [0.1, 0.15) is 0 Å². The van der Waals surface area contributed by atoms with Gasteiger partial charge in [0.05, 0.1) is 17.9 Å². The van der Waals surface area contributed by atoms with Gasteiger partial charge in [-0.25, -0.2) is 8.78 Å². The van der Waals surface area contributed by atoms with Gasteiger partial charge >= 0.3 is 0 Å². The van der Waals surface area contributed by atoms with Crippen LogP contribution in [0.5, 0.6) is 0 Å². The Kier molecular flexibility index (Phi) is 2.91. The number of rotatable bonds is 3. The minimum Gasteiger partial charge on any atom is -0.322 e. The highest BCUT2D eigenvalue weighted by atomic mass is 19.2. The summed E-state index contributed by atoms with van der Waals surface area (Å²) in [4.78, 5) is 0. The molecule has 0 spiro atoms. The fourth-order valence-electron chi connectivity index (χ4n) is 1.41. The zero-order chi connectivity index (χ0) is 11.5. The van der Waals surface area contributed by atoms with Crippen molar-refractivity contribution in [1.82, 2.24) is 15.4 Å². The molecule has 0 radical (unpaired) electrons. The summed E-state index contributed by atoms with van der Waals surface area (Å²) in [6.45, 7) is 0. The first-order chi connectivity index (χ1) is 7.66. The highest BCUT2D eigenvalue weighted by Crippen LogP contribution is 2.15. The van der Waals surface area contributed by atoms with Gasteiger partial charge < -0.3 is 5.73 Å². The van der Waals surface area contributed by atoms with Gasteiger partial charge in [0.25, 0.3) is 0 Å². The third-order valence-electron chi connectivity index (χ3n) is 2.25. The van der Waals surface area contributed by atoms with E-state index in [1.54, 1.807) is 0 Å². The second-order valence-electron chi connectivity index (χ2n) is 3.45. The second-order valence-corrected chi connectivity index (χ2v) is 3.45. The summed E-state index contributed by atoms with van der Waals surface area (Å²) in [7, 11) is 0. The first kappa shape index (κ1) is 10.7. The molecule has 1 aromatic carbocycles. The van der Waals surface area contributed by atoms with Crippen LogP contribution in [-0.2, 0) is 6.42 Å². The molecule has 1 heterocycles. The van der Waals surface area contributed by atoms with Gasteiger partial charge in [0, 0.05) is 0 Å². The van der Waals surface area contributed by atoms with Crippen molar-refractivity contribution in [3.05, 3.63) is 47.3 Å². The molecule has 0 fully saturated rings. The van der Waals surface area contributed by atoms with Crippen molar-refractivity contribution in [2.45, 2.75) is 12.5 Å².